The maximum atomic E-state index is 6.16. The summed E-state index contributed by atoms with van der Waals surface area (Å²) >= 11 is 0. The minimum absolute atomic E-state index is 0.0486. The maximum absolute atomic E-state index is 6.16. The fraction of sp³-hybridized carbons (Fsp3) is 0.625. The second kappa shape index (κ2) is 8.25. The maximum Gasteiger partial charge on any atom is 0.118 e. The molecule has 0 aliphatic heterocycles. The molecule has 2 N–H and O–H groups in total. The van der Waals surface area contributed by atoms with Crippen LogP contribution in [0.3, 0.4) is 0 Å². The minimum Gasteiger partial charge on any atom is -0.497 e. The molecule has 0 aromatic heterocycles. The van der Waals surface area contributed by atoms with Gasteiger partial charge in [0, 0.05) is 18.6 Å². The smallest absolute Gasteiger partial charge is 0.118 e. The Hall–Kier alpha value is -1.10. The highest BCUT2D eigenvalue weighted by Gasteiger charge is 2.21. The van der Waals surface area contributed by atoms with Crippen molar-refractivity contribution in [3.8, 4) is 5.75 Å². The zero-order chi connectivity index (χ0) is 15.1. The number of nitrogens with zero attached hydrogens (tertiary/aromatic N) is 1. The summed E-state index contributed by atoms with van der Waals surface area (Å²) in [6, 6.07) is 8.33. The zero-order valence-electron chi connectivity index (χ0n) is 13.3. The van der Waals surface area contributed by atoms with Crippen molar-refractivity contribution in [2.45, 2.75) is 39.0 Å². The average Bonchev–Trinajstić information content (AvgIpc) is 2.39. The van der Waals surface area contributed by atoms with Crippen LogP contribution in [0.15, 0.2) is 24.3 Å². The topological polar surface area (TPSA) is 47.7 Å². The Morgan fingerprint density at radius 1 is 1.15 bits per heavy atom. The van der Waals surface area contributed by atoms with Crippen molar-refractivity contribution in [2.75, 3.05) is 27.3 Å². The SMILES string of the molecule is COc1ccc(C(C(C)N)N(C)CCOC(C)C)cc1. The Kier molecular flexibility index (Phi) is 6.99. The monoisotopic (exact) mass is 280 g/mol. The second-order valence-corrected chi connectivity index (χ2v) is 5.48. The number of nitrogens with two attached hydrogens (primary N) is 1. The Labute approximate surface area is 122 Å². The molecule has 1 aromatic carbocycles. The standard InChI is InChI=1S/C16H28N2O2/c1-12(2)20-11-10-18(4)16(13(3)17)14-6-8-15(19-5)9-7-14/h6-9,12-13,16H,10-11,17H2,1-5H3. The number of benzene rings is 1. The van der Waals surface area contributed by atoms with Crippen LogP contribution in [-0.4, -0.2) is 44.4 Å². The lowest BCUT2D eigenvalue weighted by Gasteiger charge is -2.31. The number of rotatable bonds is 8. The van der Waals surface area contributed by atoms with Gasteiger partial charge in [0.1, 0.15) is 5.75 Å². The Balaban J connectivity index is 2.71. The van der Waals surface area contributed by atoms with Crippen LogP contribution in [0.1, 0.15) is 32.4 Å². The van der Waals surface area contributed by atoms with Gasteiger partial charge in [0.25, 0.3) is 0 Å². The summed E-state index contributed by atoms with van der Waals surface area (Å²) < 4.78 is 10.8. The highest BCUT2D eigenvalue weighted by Crippen LogP contribution is 2.24. The quantitative estimate of drug-likeness (QED) is 0.794. The van der Waals surface area contributed by atoms with Crippen molar-refractivity contribution in [2.24, 2.45) is 5.73 Å². The van der Waals surface area contributed by atoms with Crippen LogP contribution in [0, 0.1) is 0 Å². The van der Waals surface area contributed by atoms with Gasteiger partial charge in [-0.15, -0.1) is 0 Å². The van der Waals surface area contributed by atoms with Gasteiger partial charge >= 0.3 is 0 Å². The molecule has 2 atom stereocenters. The van der Waals surface area contributed by atoms with E-state index >= 15 is 0 Å². The highest BCUT2D eigenvalue weighted by atomic mass is 16.5. The summed E-state index contributed by atoms with van der Waals surface area (Å²) in [5.74, 6) is 0.864. The third-order valence-corrected chi connectivity index (χ3v) is 3.33. The predicted molar refractivity (Wildman–Crippen MR) is 83.1 cm³/mol. The molecule has 1 aromatic rings. The van der Waals surface area contributed by atoms with Crippen LogP contribution >= 0.6 is 0 Å². The molecule has 4 nitrogen and oxygen atoms in total. The van der Waals surface area contributed by atoms with E-state index in [2.05, 4.69) is 24.1 Å². The Morgan fingerprint density at radius 3 is 2.20 bits per heavy atom. The summed E-state index contributed by atoms with van der Waals surface area (Å²) in [4.78, 5) is 2.24. The van der Waals surface area contributed by atoms with E-state index in [0.717, 1.165) is 12.3 Å². The van der Waals surface area contributed by atoms with Gasteiger partial charge in [-0.2, -0.15) is 0 Å². The Morgan fingerprint density at radius 2 is 1.75 bits per heavy atom. The van der Waals surface area contributed by atoms with E-state index in [-0.39, 0.29) is 18.2 Å². The lowest BCUT2D eigenvalue weighted by Crippen LogP contribution is -2.39. The second-order valence-electron chi connectivity index (χ2n) is 5.48. The van der Waals surface area contributed by atoms with E-state index in [9.17, 15) is 0 Å². The van der Waals surface area contributed by atoms with Crippen LogP contribution in [0.25, 0.3) is 0 Å². The molecule has 0 aliphatic carbocycles. The largest absolute Gasteiger partial charge is 0.497 e. The average molecular weight is 280 g/mol. The van der Waals surface area contributed by atoms with Crippen molar-refractivity contribution < 1.29 is 9.47 Å². The minimum atomic E-state index is 0.0486. The van der Waals surface area contributed by atoms with Gasteiger partial charge in [0.05, 0.1) is 19.8 Å². The van der Waals surface area contributed by atoms with Crippen LogP contribution in [0.2, 0.25) is 0 Å². The van der Waals surface area contributed by atoms with Crippen LogP contribution in [-0.2, 0) is 4.74 Å². The first-order valence-electron chi connectivity index (χ1n) is 7.17. The van der Waals surface area contributed by atoms with Gasteiger partial charge in [-0.3, -0.25) is 4.90 Å². The molecule has 0 bridgehead atoms. The fourth-order valence-electron chi connectivity index (χ4n) is 2.33. The van der Waals surface area contributed by atoms with Crippen molar-refractivity contribution in [1.29, 1.82) is 0 Å². The van der Waals surface area contributed by atoms with Gasteiger partial charge in [0.2, 0.25) is 0 Å². The van der Waals surface area contributed by atoms with Crippen molar-refractivity contribution in [3.05, 3.63) is 29.8 Å². The molecule has 20 heavy (non-hydrogen) atoms. The first kappa shape index (κ1) is 17.0. The van der Waals surface area contributed by atoms with Crippen molar-refractivity contribution >= 4 is 0 Å². The van der Waals surface area contributed by atoms with Gasteiger partial charge < -0.3 is 15.2 Å². The lowest BCUT2D eigenvalue weighted by atomic mass is 9.99. The van der Waals surface area contributed by atoms with Gasteiger partial charge in [-0.05, 0) is 45.5 Å². The molecule has 0 saturated carbocycles. The first-order chi connectivity index (χ1) is 9.45. The predicted octanol–water partition coefficient (Wildman–Crippen LogP) is 2.44. The molecule has 0 amide bonds. The summed E-state index contributed by atoms with van der Waals surface area (Å²) in [7, 11) is 3.76. The number of hydrogen-bond donors (Lipinski definition) is 1. The molecule has 4 heteroatoms. The lowest BCUT2D eigenvalue weighted by molar-refractivity contribution is 0.0535. The van der Waals surface area contributed by atoms with Crippen LogP contribution < -0.4 is 10.5 Å². The molecular formula is C16H28N2O2. The van der Waals surface area contributed by atoms with E-state index in [1.165, 1.54) is 5.56 Å². The van der Waals surface area contributed by atoms with Gasteiger partial charge in [0.15, 0.2) is 0 Å². The number of hydrogen-bond acceptors (Lipinski definition) is 4. The van der Waals surface area contributed by atoms with Crippen LogP contribution in [0.5, 0.6) is 5.75 Å². The molecule has 0 saturated heterocycles. The van der Waals surface area contributed by atoms with E-state index < -0.39 is 0 Å². The number of methoxy groups -OCH3 is 1. The first-order valence-corrected chi connectivity index (χ1v) is 7.17. The summed E-state index contributed by atoms with van der Waals surface area (Å²) in [6.45, 7) is 7.71. The zero-order valence-corrected chi connectivity index (χ0v) is 13.3. The van der Waals surface area contributed by atoms with Gasteiger partial charge in [-0.25, -0.2) is 0 Å². The molecular weight excluding hydrogens is 252 g/mol. The van der Waals surface area contributed by atoms with E-state index in [1.54, 1.807) is 7.11 Å². The highest BCUT2D eigenvalue weighted by molar-refractivity contribution is 5.29. The molecule has 0 spiro atoms. The van der Waals surface area contributed by atoms with Crippen molar-refractivity contribution in [3.63, 3.8) is 0 Å². The third kappa shape index (κ3) is 5.12. The van der Waals surface area contributed by atoms with Gasteiger partial charge in [-0.1, -0.05) is 12.1 Å². The molecule has 0 aliphatic rings. The summed E-state index contributed by atoms with van der Waals surface area (Å²) in [5.41, 5.74) is 7.36. The normalized spacial score (nSPS) is 14.6. The van der Waals surface area contributed by atoms with Crippen molar-refractivity contribution in [1.82, 2.24) is 4.90 Å². The molecule has 0 heterocycles. The summed E-state index contributed by atoms with van der Waals surface area (Å²) in [6.07, 6.45) is 0.262. The number of likely N-dealkylation sites (N-methyl/N-ethyl adjacent to an activating group) is 1. The van der Waals surface area contributed by atoms with Crippen LogP contribution in [0.4, 0.5) is 0 Å². The molecule has 114 valence electrons. The molecule has 1 rings (SSSR count). The Bertz CT molecular complexity index is 377. The molecule has 2 unspecified atom stereocenters. The third-order valence-electron chi connectivity index (χ3n) is 3.33. The van der Waals surface area contributed by atoms with E-state index in [0.29, 0.717) is 6.61 Å². The van der Waals surface area contributed by atoms with E-state index in [4.69, 9.17) is 15.2 Å². The number of ether oxygens (including phenoxy) is 2. The van der Waals surface area contributed by atoms with E-state index in [1.807, 2.05) is 32.9 Å². The summed E-state index contributed by atoms with van der Waals surface area (Å²) in [5, 5.41) is 0. The fourth-order valence-corrected chi connectivity index (χ4v) is 2.33. The molecule has 0 radical (unpaired) electrons. The molecule has 0 fully saturated rings.